The Morgan fingerprint density at radius 2 is 2.00 bits per heavy atom. The van der Waals surface area contributed by atoms with E-state index in [4.69, 9.17) is 9.15 Å². The van der Waals surface area contributed by atoms with Gasteiger partial charge < -0.3 is 9.15 Å². The second-order valence-electron chi connectivity index (χ2n) is 5.19. The van der Waals surface area contributed by atoms with Crippen LogP contribution in [0.2, 0.25) is 0 Å². The average Bonchev–Trinajstić information content (AvgIpc) is 3.09. The van der Waals surface area contributed by atoms with Gasteiger partial charge in [-0.1, -0.05) is 35.5 Å². The van der Waals surface area contributed by atoms with Gasteiger partial charge in [0.1, 0.15) is 5.75 Å². The lowest BCUT2D eigenvalue weighted by atomic mass is 10.2. The fourth-order valence-corrected chi connectivity index (χ4v) is 2.64. The maximum Gasteiger partial charge on any atom is 0.276 e. The summed E-state index contributed by atoms with van der Waals surface area (Å²) in [6, 6.07) is 13.9. The minimum Gasteiger partial charge on any atom is -0.493 e. The monoisotopic (exact) mass is 357 g/mol. The molecule has 0 N–H and O–H groups in total. The molecule has 7 nitrogen and oxygen atoms in total. The molecule has 128 valence electrons. The Hall–Kier alpha value is -2.87. The van der Waals surface area contributed by atoms with Gasteiger partial charge in [-0.3, -0.25) is 10.1 Å². The Morgan fingerprint density at radius 3 is 2.76 bits per heavy atom. The number of benzene rings is 2. The third-order valence-electron chi connectivity index (χ3n) is 3.31. The minimum absolute atomic E-state index is 0.0172. The molecule has 0 radical (unpaired) electrons. The predicted octanol–water partition coefficient (Wildman–Crippen LogP) is 4.12. The van der Waals surface area contributed by atoms with Gasteiger partial charge in [0.2, 0.25) is 5.89 Å². The van der Waals surface area contributed by atoms with Crippen LogP contribution in [0.3, 0.4) is 0 Å². The van der Waals surface area contributed by atoms with Gasteiger partial charge in [-0.05, 0) is 25.1 Å². The molecule has 3 rings (SSSR count). The lowest BCUT2D eigenvalue weighted by molar-refractivity contribution is -0.384. The number of nitro groups is 1. The molecular weight excluding hydrogens is 342 g/mol. The molecule has 0 unspecified atom stereocenters. The first-order chi connectivity index (χ1) is 12.1. The van der Waals surface area contributed by atoms with E-state index in [0.29, 0.717) is 23.1 Å². The van der Waals surface area contributed by atoms with Crippen LogP contribution in [0.4, 0.5) is 5.69 Å². The van der Waals surface area contributed by atoms with Crippen LogP contribution in [0.25, 0.3) is 11.5 Å². The van der Waals surface area contributed by atoms with Crippen LogP contribution < -0.4 is 4.74 Å². The van der Waals surface area contributed by atoms with Gasteiger partial charge in [0.15, 0.2) is 0 Å². The van der Waals surface area contributed by atoms with Crippen molar-refractivity contribution in [2.24, 2.45) is 0 Å². The zero-order valence-electron chi connectivity index (χ0n) is 13.4. The molecule has 0 aliphatic rings. The fraction of sp³-hybridized carbons (Fsp3) is 0.176. The number of nitrogens with zero attached hydrogens (tertiary/aromatic N) is 3. The Bertz CT molecular complexity index is 864. The molecule has 0 aliphatic carbocycles. The van der Waals surface area contributed by atoms with E-state index >= 15 is 0 Å². The van der Waals surface area contributed by atoms with E-state index < -0.39 is 4.92 Å². The van der Waals surface area contributed by atoms with Crippen molar-refractivity contribution in [2.75, 3.05) is 12.4 Å². The summed E-state index contributed by atoms with van der Waals surface area (Å²) >= 11 is 1.37. The quantitative estimate of drug-likeness (QED) is 0.272. The number of thioether (sulfide) groups is 1. The Morgan fingerprint density at radius 1 is 1.20 bits per heavy atom. The molecule has 25 heavy (non-hydrogen) atoms. The zero-order valence-corrected chi connectivity index (χ0v) is 14.2. The molecule has 0 saturated carbocycles. The molecule has 0 bridgehead atoms. The second-order valence-corrected chi connectivity index (χ2v) is 6.24. The zero-order chi connectivity index (χ0) is 17.6. The van der Waals surface area contributed by atoms with Crippen molar-refractivity contribution in [3.63, 3.8) is 0 Å². The van der Waals surface area contributed by atoms with Crippen LogP contribution in [0, 0.1) is 17.0 Å². The summed E-state index contributed by atoms with van der Waals surface area (Å²) < 4.78 is 11.2. The summed E-state index contributed by atoms with van der Waals surface area (Å²) in [6.07, 6.45) is 0. The molecule has 8 heteroatoms. The summed E-state index contributed by atoms with van der Waals surface area (Å²) in [4.78, 5) is 10.4. The van der Waals surface area contributed by atoms with Gasteiger partial charge in [0.25, 0.3) is 10.9 Å². The topological polar surface area (TPSA) is 91.3 Å². The van der Waals surface area contributed by atoms with Crippen LogP contribution in [0.1, 0.15) is 5.56 Å². The number of hydrogen-bond donors (Lipinski definition) is 0. The standard InChI is InChI=1S/C17H15N3O4S/c1-12-5-7-15(8-6-12)23-9-10-25-17-19-18-16(24-17)13-3-2-4-14(11-13)20(21)22/h2-8,11H,9-10H2,1H3. The van der Waals surface area contributed by atoms with Crippen LogP contribution >= 0.6 is 11.8 Å². The summed E-state index contributed by atoms with van der Waals surface area (Å²) in [6.45, 7) is 2.52. The van der Waals surface area contributed by atoms with Crippen LogP contribution in [-0.4, -0.2) is 27.5 Å². The van der Waals surface area contributed by atoms with E-state index in [1.54, 1.807) is 12.1 Å². The van der Waals surface area contributed by atoms with Gasteiger partial charge in [-0.15, -0.1) is 10.2 Å². The molecule has 0 amide bonds. The third-order valence-corrected chi connectivity index (χ3v) is 4.09. The molecule has 3 aromatic rings. The van der Waals surface area contributed by atoms with E-state index in [0.717, 1.165) is 5.75 Å². The Balaban J connectivity index is 1.54. The number of ether oxygens (including phenoxy) is 1. The van der Waals surface area contributed by atoms with Crippen molar-refractivity contribution in [1.29, 1.82) is 0 Å². The van der Waals surface area contributed by atoms with E-state index in [2.05, 4.69) is 10.2 Å². The molecule has 0 aliphatic heterocycles. The van der Waals surface area contributed by atoms with Crippen molar-refractivity contribution in [3.8, 4) is 17.2 Å². The molecule has 1 heterocycles. The Labute approximate surface area is 148 Å². The summed E-state index contributed by atoms with van der Waals surface area (Å²) in [7, 11) is 0. The van der Waals surface area contributed by atoms with E-state index in [9.17, 15) is 10.1 Å². The van der Waals surface area contributed by atoms with Crippen LogP contribution in [0.15, 0.2) is 58.2 Å². The number of aryl methyl sites for hydroxylation is 1. The molecule has 0 saturated heterocycles. The first-order valence-corrected chi connectivity index (χ1v) is 8.51. The SMILES string of the molecule is Cc1ccc(OCCSc2nnc(-c3cccc([N+](=O)[O-])c3)o2)cc1. The number of non-ortho nitro benzene ring substituents is 1. The predicted molar refractivity (Wildman–Crippen MR) is 93.8 cm³/mol. The highest BCUT2D eigenvalue weighted by molar-refractivity contribution is 7.99. The van der Waals surface area contributed by atoms with E-state index in [1.807, 2.05) is 31.2 Å². The Kier molecular flexibility index (Phi) is 5.30. The minimum atomic E-state index is -0.460. The number of hydrogen-bond acceptors (Lipinski definition) is 7. The van der Waals surface area contributed by atoms with Gasteiger partial charge in [-0.2, -0.15) is 0 Å². The van der Waals surface area contributed by atoms with Gasteiger partial charge in [-0.25, -0.2) is 0 Å². The second kappa shape index (κ2) is 7.80. The van der Waals surface area contributed by atoms with Crippen molar-refractivity contribution >= 4 is 17.4 Å². The van der Waals surface area contributed by atoms with Crippen molar-refractivity contribution in [1.82, 2.24) is 10.2 Å². The maximum atomic E-state index is 10.8. The maximum absolute atomic E-state index is 10.8. The first-order valence-electron chi connectivity index (χ1n) is 7.52. The van der Waals surface area contributed by atoms with E-state index in [-0.39, 0.29) is 11.6 Å². The number of rotatable bonds is 7. The normalized spacial score (nSPS) is 10.6. The molecule has 0 fully saturated rings. The van der Waals surface area contributed by atoms with Gasteiger partial charge in [0.05, 0.1) is 11.5 Å². The molecule has 1 aromatic heterocycles. The number of nitro benzene ring substituents is 1. The lowest BCUT2D eigenvalue weighted by Crippen LogP contribution is -1.99. The highest BCUT2D eigenvalue weighted by atomic mass is 32.2. The summed E-state index contributed by atoms with van der Waals surface area (Å²) in [5.41, 5.74) is 1.68. The first kappa shape index (κ1) is 17.0. The largest absolute Gasteiger partial charge is 0.493 e. The highest BCUT2D eigenvalue weighted by Crippen LogP contribution is 2.25. The van der Waals surface area contributed by atoms with Gasteiger partial charge >= 0.3 is 0 Å². The average molecular weight is 357 g/mol. The van der Waals surface area contributed by atoms with Crippen LogP contribution in [0.5, 0.6) is 5.75 Å². The van der Waals surface area contributed by atoms with Crippen molar-refractivity contribution in [3.05, 3.63) is 64.2 Å². The summed E-state index contributed by atoms with van der Waals surface area (Å²) in [5.74, 6) is 1.71. The van der Waals surface area contributed by atoms with Crippen molar-refractivity contribution in [2.45, 2.75) is 12.1 Å². The van der Waals surface area contributed by atoms with E-state index in [1.165, 1.54) is 29.5 Å². The molecule has 2 aromatic carbocycles. The lowest BCUT2D eigenvalue weighted by Gasteiger charge is -2.04. The van der Waals surface area contributed by atoms with Crippen molar-refractivity contribution < 1.29 is 14.1 Å². The van der Waals surface area contributed by atoms with Crippen LogP contribution in [-0.2, 0) is 0 Å². The fourth-order valence-electron chi connectivity index (χ4n) is 2.06. The highest BCUT2D eigenvalue weighted by Gasteiger charge is 2.13. The number of aromatic nitrogens is 2. The summed E-state index contributed by atoms with van der Waals surface area (Å²) in [5, 5.41) is 19.1. The smallest absolute Gasteiger partial charge is 0.276 e. The molecular formula is C17H15N3O4S. The molecule has 0 atom stereocenters. The van der Waals surface area contributed by atoms with Gasteiger partial charge in [0, 0.05) is 23.4 Å². The molecule has 0 spiro atoms. The third kappa shape index (κ3) is 4.57.